The summed E-state index contributed by atoms with van der Waals surface area (Å²) in [5, 5.41) is 4.92. The van der Waals surface area contributed by atoms with E-state index in [1.54, 1.807) is 6.20 Å². The molecule has 90 valence electrons. The van der Waals surface area contributed by atoms with Gasteiger partial charge in [0.2, 0.25) is 0 Å². The zero-order valence-electron chi connectivity index (χ0n) is 9.76. The lowest BCUT2D eigenvalue weighted by Crippen LogP contribution is -2.35. The Bertz CT molecular complexity index is 411. The van der Waals surface area contributed by atoms with Crippen LogP contribution in [0, 0.1) is 0 Å². The summed E-state index contributed by atoms with van der Waals surface area (Å²) in [7, 11) is 0. The van der Waals surface area contributed by atoms with Gasteiger partial charge in [0.05, 0.1) is 11.4 Å². The van der Waals surface area contributed by atoms with E-state index in [4.69, 9.17) is 12.2 Å². The lowest BCUT2D eigenvalue weighted by atomic mass is 10.3. The molecule has 1 saturated heterocycles. The minimum atomic E-state index is 0.691. The fourth-order valence-corrected chi connectivity index (χ4v) is 1.91. The molecule has 0 saturated carbocycles. The number of aromatic nitrogens is 2. The predicted molar refractivity (Wildman–Crippen MR) is 70.8 cm³/mol. The molecular formula is C11H15N5S. The van der Waals surface area contributed by atoms with E-state index in [1.165, 1.54) is 19.2 Å². The second kappa shape index (κ2) is 5.67. The molecule has 0 radical (unpaired) electrons. The van der Waals surface area contributed by atoms with E-state index in [1.807, 2.05) is 13.0 Å². The smallest absolute Gasteiger partial charge is 0.189 e. The molecule has 0 aromatic carbocycles. The molecule has 0 aliphatic carbocycles. The van der Waals surface area contributed by atoms with Gasteiger partial charge in [0.25, 0.3) is 0 Å². The standard InChI is InChI=1S/C11H15N5S/c1-9(10-4-5-12-8-13-10)14-15-11(17)16-6-2-3-7-16/h4-5,8H,2-3,6-7H2,1H3,(H,15,17)/b14-9+. The molecule has 5 nitrogen and oxygen atoms in total. The first-order valence-corrected chi connectivity index (χ1v) is 6.04. The van der Waals surface area contributed by atoms with E-state index in [0.29, 0.717) is 5.11 Å². The summed E-state index contributed by atoms with van der Waals surface area (Å²) in [6, 6.07) is 1.82. The number of nitrogens with one attached hydrogen (secondary N) is 1. The number of hydrazone groups is 1. The van der Waals surface area contributed by atoms with Crippen molar-refractivity contribution in [3.63, 3.8) is 0 Å². The van der Waals surface area contributed by atoms with E-state index in [9.17, 15) is 0 Å². The zero-order chi connectivity index (χ0) is 12.1. The summed E-state index contributed by atoms with van der Waals surface area (Å²) in [4.78, 5) is 10.1. The van der Waals surface area contributed by atoms with E-state index in [-0.39, 0.29) is 0 Å². The molecule has 1 aliphatic heterocycles. The SMILES string of the molecule is C/C(=N\NC(=S)N1CCCC1)c1ccncn1. The van der Waals surface area contributed by atoms with Gasteiger partial charge in [-0.3, -0.25) is 5.43 Å². The Morgan fingerprint density at radius 3 is 2.88 bits per heavy atom. The maximum Gasteiger partial charge on any atom is 0.189 e. The van der Waals surface area contributed by atoms with Crippen molar-refractivity contribution in [2.24, 2.45) is 5.10 Å². The zero-order valence-corrected chi connectivity index (χ0v) is 10.6. The molecule has 0 spiro atoms. The average molecular weight is 249 g/mol. The summed E-state index contributed by atoms with van der Waals surface area (Å²) in [6.07, 6.45) is 5.61. The van der Waals surface area contributed by atoms with Crippen LogP contribution in [0.5, 0.6) is 0 Å². The Morgan fingerprint density at radius 1 is 1.47 bits per heavy atom. The lowest BCUT2D eigenvalue weighted by molar-refractivity contribution is 0.509. The van der Waals surface area contributed by atoms with Gasteiger partial charge in [0.15, 0.2) is 5.11 Å². The van der Waals surface area contributed by atoms with Gasteiger partial charge in [-0.05, 0) is 38.0 Å². The monoisotopic (exact) mass is 249 g/mol. The second-order valence-electron chi connectivity index (χ2n) is 3.90. The summed E-state index contributed by atoms with van der Waals surface area (Å²) in [5.74, 6) is 0. The summed E-state index contributed by atoms with van der Waals surface area (Å²) in [6.45, 7) is 3.93. The predicted octanol–water partition coefficient (Wildman–Crippen LogP) is 1.17. The highest BCUT2D eigenvalue weighted by Gasteiger charge is 2.13. The minimum absolute atomic E-state index is 0.691. The van der Waals surface area contributed by atoms with E-state index in [2.05, 4.69) is 25.4 Å². The molecule has 0 bridgehead atoms. The summed E-state index contributed by atoms with van der Waals surface area (Å²) < 4.78 is 0. The van der Waals surface area contributed by atoms with Crippen molar-refractivity contribution in [3.05, 3.63) is 24.3 Å². The third-order valence-corrected chi connectivity index (χ3v) is 3.01. The normalized spacial score (nSPS) is 16.1. The number of likely N-dealkylation sites (tertiary alicyclic amines) is 1. The van der Waals surface area contributed by atoms with Gasteiger partial charge in [0, 0.05) is 19.3 Å². The second-order valence-corrected chi connectivity index (χ2v) is 4.29. The van der Waals surface area contributed by atoms with Crippen LogP contribution in [0.2, 0.25) is 0 Å². The van der Waals surface area contributed by atoms with E-state index < -0.39 is 0 Å². The largest absolute Gasteiger partial charge is 0.348 e. The van der Waals surface area contributed by atoms with Crippen LogP contribution in [0.4, 0.5) is 0 Å². The van der Waals surface area contributed by atoms with Crippen LogP contribution < -0.4 is 5.43 Å². The third-order valence-electron chi connectivity index (χ3n) is 2.67. The number of rotatable bonds is 2. The Balaban J connectivity index is 1.94. The molecule has 1 aromatic rings. The van der Waals surface area contributed by atoms with Gasteiger partial charge < -0.3 is 4.90 Å². The molecule has 0 amide bonds. The first-order chi connectivity index (χ1) is 8.27. The number of hydrogen-bond acceptors (Lipinski definition) is 4. The molecular weight excluding hydrogens is 234 g/mol. The quantitative estimate of drug-likeness (QED) is 0.484. The topological polar surface area (TPSA) is 53.4 Å². The van der Waals surface area contributed by atoms with Crippen molar-refractivity contribution in [3.8, 4) is 0 Å². The average Bonchev–Trinajstić information content (AvgIpc) is 2.90. The molecule has 1 aliphatic rings. The first-order valence-electron chi connectivity index (χ1n) is 5.63. The van der Waals surface area contributed by atoms with Crippen molar-refractivity contribution >= 4 is 23.0 Å². The van der Waals surface area contributed by atoms with Crippen molar-refractivity contribution < 1.29 is 0 Å². The van der Waals surface area contributed by atoms with Crippen LogP contribution >= 0.6 is 12.2 Å². The molecule has 0 unspecified atom stereocenters. The van der Waals surface area contributed by atoms with Crippen molar-refractivity contribution in [1.82, 2.24) is 20.3 Å². The highest BCUT2D eigenvalue weighted by Crippen LogP contribution is 2.07. The maximum atomic E-state index is 5.26. The highest BCUT2D eigenvalue weighted by atomic mass is 32.1. The van der Waals surface area contributed by atoms with Crippen LogP contribution in [0.3, 0.4) is 0 Å². The summed E-state index contributed by atoms with van der Waals surface area (Å²) in [5.41, 5.74) is 4.51. The van der Waals surface area contributed by atoms with Crippen molar-refractivity contribution in [2.45, 2.75) is 19.8 Å². The molecule has 6 heteroatoms. The van der Waals surface area contributed by atoms with Gasteiger partial charge in [-0.25, -0.2) is 9.97 Å². The fraction of sp³-hybridized carbons (Fsp3) is 0.455. The molecule has 17 heavy (non-hydrogen) atoms. The van der Waals surface area contributed by atoms with Crippen molar-refractivity contribution in [2.75, 3.05) is 13.1 Å². The lowest BCUT2D eigenvalue weighted by Gasteiger charge is -2.17. The van der Waals surface area contributed by atoms with Gasteiger partial charge in [-0.15, -0.1) is 0 Å². The number of nitrogens with zero attached hydrogens (tertiary/aromatic N) is 4. The third kappa shape index (κ3) is 3.20. The number of thiocarbonyl (C=S) groups is 1. The van der Waals surface area contributed by atoms with E-state index >= 15 is 0 Å². The Morgan fingerprint density at radius 2 is 2.24 bits per heavy atom. The van der Waals surface area contributed by atoms with Crippen molar-refractivity contribution in [1.29, 1.82) is 0 Å². The van der Waals surface area contributed by atoms with Gasteiger partial charge in [0.1, 0.15) is 6.33 Å². The summed E-state index contributed by atoms with van der Waals surface area (Å²) >= 11 is 5.26. The van der Waals surface area contributed by atoms with Crippen LogP contribution in [-0.2, 0) is 0 Å². The molecule has 1 aromatic heterocycles. The molecule has 2 heterocycles. The highest BCUT2D eigenvalue weighted by molar-refractivity contribution is 7.80. The van der Waals surface area contributed by atoms with Crippen LogP contribution in [0.1, 0.15) is 25.5 Å². The van der Waals surface area contributed by atoms with Crippen LogP contribution in [-0.4, -0.2) is 38.8 Å². The van der Waals surface area contributed by atoms with Crippen LogP contribution in [0.25, 0.3) is 0 Å². The molecule has 2 rings (SSSR count). The molecule has 1 fully saturated rings. The Kier molecular flexibility index (Phi) is 3.98. The van der Waals surface area contributed by atoms with Gasteiger partial charge >= 0.3 is 0 Å². The van der Waals surface area contributed by atoms with Gasteiger partial charge in [-0.1, -0.05) is 0 Å². The molecule has 0 atom stereocenters. The molecule has 1 N–H and O–H groups in total. The van der Waals surface area contributed by atoms with E-state index in [0.717, 1.165) is 24.5 Å². The van der Waals surface area contributed by atoms with Crippen LogP contribution in [0.15, 0.2) is 23.7 Å². The number of hydrogen-bond donors (Lipinski definition) is 1. The first kappa shape index (κ1) is 11.9. The Labute approximate surface area is 106 Å². The fourth-order valence-electron chi connectivity index (χ4n) is 1.68. The minimum Gasteiger partial charge on any atom is -0.348 e. The Hall–Kier alpha value is -1.56. The van der Waals surface area contributed by atoms with Gasteiger partial charge in [-0.2, -0.15) is 5.10 Å². The maximum absolute atomic E-state index is 5.26.